The van der Waals surface area contributed by atoms with Crippen molar-refractivity contribution >= 4 is 15.9 Å². The predicted octanol–water partition coefficient (Wildman–Crippen LogP) is 2.07. The molecule has 21 heavy (non-hydrogen) atoms. The van der Waals surface area contributed by atoms with Crippen molar-refractivity contribution < 1.29 is 13.2 Å². The van der Waals surface area contributed by atoms with Crippen LogP contribution in [-0.2, 0) is 10.0 Å². The lowest BCUT2D eigenvalue weighted by Crippen LogP contribution is -2.32. The molecule has 5 nitrogen and oxygen atoms in total. The summed E-state index contributed by atoms with van der Waals surface area (Å²) in [4.78, 5) is 12.2. The zero-order valence-corrected chi connectivity index (χ0v) is 13.2. The van der Waals surface area contributed by atoms with Gasteiger partial charge in [-0.05, 0) is 31.5 Å². The van der Waals surface area contributed by atoms with Gasteiger partial charge < -0.3 is 5.32 Å². The summed E-state index contributed by atoms with van der Waals surface area (Å²) in [5, 5.41) is 2.85. The maximum absolute atomic E-state index is 12.1. The van der Waals surface area contributed by atoms with Gasteiger partial charge in [0.25, 0.3) is 5.91 Å². The zero-order valence-electron chi connectivity index (χ0n) is 12.4. The minimum atomic E-state index is -3.62. The number of amides is 1. The van der Waals surface area contributed by atoms with Crippen LogP contribution in [0.5, 0.6) is 0 Å². The van der Waals surface area contributed by atoms with Gasteiger partial charge >= 0.3 is 0 Å². The highest BCUT2D eigenvalue weighted by atomic mass is 32.2. The molecule has 0 aliphatic rings. The molecule has 0 heterocycles. The predicted molar refractivity (Wildman–Crippen MR) is 83.7 cm³/mol. The third-order valence-electron chi connectivity index (χ3n) is 2.92. The minimum absolute atomic E-state index is 0.0571. The smallest absolute Gasteiger partial charge is 0.251 e. The first-order valence-corrected chi connectivity index (χ1v) is 8.40. The summed E-state index contributed by atoms with van der Waals surface area (Å²) in [6.45, 7) is 7.57. The van der Waals surface area contributed by atoms with Crippen LogP contribution in [0.3, 0.4) is 0 Å². The van der Waals surface area contributed by atoms with Gasteiger partial charge in [0.1, 0.15) is 0 Å². The summed E-state index contributed by atoms with van der Waals surface area (Å²) >= 11 is 0. The van der Waals surface area contributed by atoms with Crippen molar-refractivity contribution in [3.63, 3.8) is 0 Å². The number of carbonyl (C=O) groups is 1. The molecule has 116 valence electrons. The van der Waals surface area contributed by atoms with E-state index in [1.165, 1.54) is 18.2 Å². The van der Waals surface area contributed by atoms with Crippen molar-refractivity contribution in [2.75, 3.05) is 6.54 Å². The highest BCUT2D eigenvalue weighted by Crippen LogP contribution is 2.12. The number of benzene rings is 1. The van der Waals surface area contributed by atoms with Crippen LogP contribution in [0.1, 0.15) is 37.0 Å². The topological polar surface area (TPSA) is 75.3 Å². The molecule has 1 aromatic rings. The molecule has 0 radical (unpaired) electrons. The fourth-order valence-corrected chi connectivity index (χ4v) is 2.91. The highest BCUT2D eigenvalue weighted by molar-refractivity contribution is 7.89. The number of rotatable bonds is 8. The summed E-state index contributed by atoms with van der Waals surface area (Å²) < 4.78 is 26.4. The Hall–Kier alpha value is -1.66. The molecule has 0 aliphatic heterocycles. The summed E-state index contributed by atoms with van der Waals surface area (Å²) in [5.74, 6) is -0.267. The molecule has 1 amide bonds. The molecular formula is C15H22N2O3S. The fourth-order valence-electron chi connectivity index (χ4n) is 1.87. The number of hydrogen-bond acceptors (Lipinski definition) is 3. The van der Waals surface area contributed by atoms with E-state index in [0.29, 0.717) is 5.56 Å². The molecule has 0 spiro atoms. The molecule has 0 fully saturated rings. The Bertz CT molecular complexity index is 597. The van der Waals surface area contributed by atoms with Gasteiger partial charge in [-0.15, -0.1) is 6.58 Å². The van der Waals surface area contributed by atoms with Crippen molar-refractivity contribution in [1.82, 2.24) is 10.0 Å². The molecule has 0 aromatic heterocycles. The van der Waals surface area contributed by atoms with E-state index in [4.69, 9.17) is 0 Å². The van der Waals surface area contributed by atoms with Crippen molar-refractivity contribution in [2.24, 2.45) is 0 Å². The van der Waals surface area contributed by atoms with E-state index in [1.807, 2.05) is 13.8 Å². The van der Waals surface area contributed by atoms with Gasteiger partial charge in [-0.2, -0.15) is 0 Å². The number of carbonyl (C=O) groups excluding carboxylic acids is 1. The Balaban J connectivity index is 2.90. The monoisotopic (exact) mass is 310 g/mol. The van der Waals surface area contributed by atoms with Gasteiger partial charge in [0.05, 0.1) is 4.90 Å². The molecule has 1 aromatic carbocycles. The molecule has 6 heteroatoms. The normalized spacial score (nSPS) is 12.7. The van der Waals surface area contributed by atoms with E-state index in [9.17, 15) is 13.2 Å². The van der Waals surface area contributed by atoms with Gasteiger partial charge in [0.2, 0.25) is 10.0 Å². The second kappa shape index (κ2) is 7.95. The van der Waals surface area contributed by atoms with E-state index in [1.54, 1.807) is 12.1 Å². The standard InChI is InChI=1S/C15H22N2O3S/c1-4-7-12(3)17-15(18)13-8-6-9-14(11-13)21(19,20)16-10-5-2/h5-6,8-9,11-12,16H,2,4,7,10H2,1,3H3,(H,17,18). The fraction of sp³-hybridized carbons (Fsp3) is 0.400. The van der Waals surface area contributed by atoms with Gasteiger partial charge in [0.15, 0.2) is 0 Å². The van der Waals surface area contributed by atoms with E-state index in [0.717, 1.165) is 12.8 Å². The second-order valence-corrected chi connectivity index (χ2v) is 6.60. The number of hydrogen-bond donors (Lipinski definition) is 2. The van der Waals surface area contributed by atoms with Crippen LogP contribution < -0.4 is 10.0 Å². The van der Waals surface area contributed by atoms with Crippen LogP contribution >= 0.6 is 0 Å². The molecule has 1 unspecified atom stereocenters. The Morgan fingerprint density at radius 2 is 2.14 bits per heavy atom. The van der Waals surface area contributed by atoms with Crippen LogP contribution in [0.25, 0.3) is 0 Å². The maximum atomic E-state index is 12.1. The second-order valence-electron chi connectivity index (χ2n) is 4.83. The zero-order chi connectivity index (χ0) is 15.9. The summed E-state index contributed by atoms with van der Waals surface area (Å²) in [5.41, 5.74) is 0.333. The first kappa shape index (κ1) is 17.4. The molecule has 0 saturated heterocycles. The van der Waals surface area contributed by atoms with Crippen molar-refractivity contribution in [2.45, 2.75) is 37.6 Å². The third-order valence-corrected chi connectivity index (χ3v) is 4.34. The summed E-state index contributed by atoms with van der Waals surface area (Å²) in [7, 11) is -3.62. The molecule has 0 bridgehead atoms. The van der Waals surface area contributed by atoms with E-state index < -0.39 is 10.0 Å². The average molecular weight is 310 g/mol. The first-order chi connectivity index (χ1) is 9.90. The lowest BCUT2D eigenvalue weighted by molar-refractivity contribution is 0.0938. The largest absolute Gasteiger partial charge is 0.350 e. The van der Waals surface area contributed by atoms with Gasteiger partial charge in [-0.3, -0.25) is 4.79 Å². The van der Waals surface area contributed by atoms with E-state index >= 15 is 0 Å². The average Bonchev–Trinajstić information content (AvgIpc) is 2.45. The SMILES string of the molecule is C=CCNS(=O)(=O)c1cccc(C(=O)NC(C)CCC)c1. The van der Waals surface area contributed by atoms with Gasteiger partial charge in [-0.25, -0.2) is 13.1 Å². The summed E-state index contributed by atoms with van der Waals surface area (Å²) in [6, 6.07) is 6.04. The first-order valence-electron chi connectivity index (χ1n) is 6.92. The van der Waals surface area contributed by atoms with Crippen LogP contribution in [0.4, 0.5) is 0 Å². The van der Waals surface area contributed by atoms with E-state index in [2.05, 4.69) is 16.6 Å². The lowest BCUT2D eigenvalue weighted by Gasteiger charge is -2.13. The quantitative estimate of drug-likeness (QED) is 0.722. The number of nitrogens with one attached hydrogen (secondary N) is 2. The minimum Gasteiger partial charge on any atom is -0.350 e. The van der Waals surface area contributed by atoms with Crippen molar-refractivity contribution in [3.05, 3.63) is 42.5 Å². The maximum Gasteiger partial charge on any atom is 0.251 e. The molecular weight excluding hydrogens is 288 g/mol. The molecule has 2 N–H and O–H groups in total. The Morgan fingerprint density at radius 3 is 2.76 bits per heavy atom. The van der Waals surface area contributed by atoms with Gasteiger partial charge in [-0.1, -0.05) is 25.5 Å². The summed E-state index contributed by atoms with van der Waals surface area (Å²) in [6.07, 6.45) is 3.31. The molecule has 0 saturated carbocycles. The van der Waals surface area contributed by atoms with Crippen LogP contribution in [-0.4, -0.2) is 26.9 Å². The Kier molecular flexibility index (Phi) is 6.58. The van der Waals surface area contributed by atoms with Crippen molar-refractivity contribution in [1.29, 1.82) is 0 Å². The lowest BCUT2D eigenvalue weighted by atomic mass is 10.1. The van der Waals surface area contributed by atoms with Crippen LogP contribution in [0.15, 0.2) is 41.8 Å². The number of sulfonamides is 1. The van der Waals surface area contributed by atoms with Crippen molar-refractivity contribution in [3.8, 4) is 0 Å². The Labute approximate surface area is 126 Å². The van der Waals surface area contributed by atoms with Crippen LogP contribution in [0.2, 0.25) is 0 Å². The highest BCUT2D eigenvalue weighted by Gasteiger charge is 2.16. The molecule has 1 atom stereocenters. The molecule has 1 rings (SSSR count). The van der Waals surface area contributed by atoms with E-state index in [-0.39, 0.29) is 23.4 Å². The Morgan fingerprint density at radius 1 is 1.43 bits per heavy atom. The molecule has 0 aliphatic carbocycles. The third kappa shape index (κ3) is 5.32. The van der Waals surface area contributed by atoms with Gasteiger partial charge in [0, 0.05) is 18.2 Å². The van der Waals surface area contributed by atoms with Crippen LogP contribution in [0, 0.1) is 0 Å².